The standard InChI is InChI=1S/C15H16N4S/c1-2-5-17-10-12-3-4-14(13(8-12)9-16)20-15-11-18-6-7-19-15/h3-4,6-8,11,17H,2,5,10H2,1H3. The second-order valence-electron chi connectivity index (χ2n) is 4.26. The van der Waals surface area contributed by atoms with Gasteiger partial charge in [-0.1, -0.05) is 24.8 Å². The minimum Gasteiger partial charge on any atom is -0.313 e. The van der Waals surface area contributed by atoms with E-state index in [2.05, 4.69) is 28.3 Å². The molecule has 0 amide bonds. The van der Waals surface area contributed by atoms with Gasteiger partial charge in [-0.25, -0.2) is 4.98 Å². The zero-order valence-electron chi connectivity index (χ0n) is 11.3. The molecule has 0 bridgehead atoms. The lowest BCUT2D eigenvalue weighted by atomic mass is 10.1. The summed E-state index contributed by atoms with van der Waals surface area (Å²) < 4.78 is 0. The van der Waals surface area contributed by atoms with E-state index in [-0.39, 0.29) is 0 Å². The molecule has 0 radical (unpaired) electrons. The van der Waals surface area contributed by atoms with Crippen LogP contribution in [-0.2, 0) is 6.54 Å². The molecule has 0 aliphatic rings. The molecule has 0 aliphatic carbocycles. The molecule has 1 aromatic carbocycles. The SMILES string of the molecule is CCCNCc1ccc(Sc2cnccn2)c(C#N)c1. The fourth-order valence-corrected chi connectivity index (χ4v) is 2.53. The Labute approximate surface area is 123 Å². The summed E-state index contributed by atoms with van der Waals surface area (Å²) in [5.41, 5.74) is 1.80. The van der Waals surface area contributed by atoms with E-state index in [1.165, 1.54) is 11.8 Å². The lowest BCUT2D eigenvalue weighted by Crippen LogP contribution is -2.13. The summed E-state index contributed by atoms with van der Waals surface area (Å²) in [6.07, 6.45) is 6.09. The molecule has 2 aromatic rings. The van der Waals surface area contributed by atoms with Gasteiger partial charge >= 0.3 is 0 Å². The Balaban J connectivity index is 2.12. The summed E-state index contributed by atoms with van der Waals surface area (Å²) in [7, 11) is 0. The molecule has 2 rings (SSSR count). The van der Waals surface area contributed by atoms with Crippen LogP contribution in [0.15, 0.2) is 46.7 Å². The van der Waals surface area contributed by atoms with Crippen LogP contribution in [0.5, 0.6) is 0 Å². The van der Waals surface area contributed by atoms with Gasteiger partial charge in [-0.15, -0.1) is 0 Å². The van der Waals surface area contributed by atoms with E-state index in [1.807, 2.05) is 18.2 Å². The van der Waals surface area contributed by atoms with Gasteiger partial charge in [0.2, 0.25) is 0 Å². The van der Waals surface area contributed by atoms with Crippen molar-refractivity contribution in [3.63, 3.8) is 0 Å². The van der Waals surface area contributed by atoms with Crippen molar-refractivity contribution in [1.29, 1.82) is 5.26 Å². The normalized spacial score (nSPS) is 10.2. The molecule has 0 saturated carbocycles. The van der Waals surface area contributed by atoms with Crippen LogP contribution in [0.3, 0.4) is 0 Å². The second-order valence-corrected chi connectivity index (χ2v) is 5.33. The topological polar surface area (TPSA) is 61.6 Å². The summed E-state index contributed by atoms with van der Waals surface area (Å²) in [5, 5.41) is 13.4. The fourth-order valence-electron chi connectivity index (χ4n) is 1.72. The van der Waals surface area contributed by atoms with E-state index in [0.717, 1.165) is 35.0 Å². The molecule has 0 spiro atoms. The van der Waals surface area contributed by atoms with Gasteiger partial charge in [0, 0.05) is 23.8 Å². The number of nitrogens with zero attached hydrogens (tertiary/aromatic N) is 3. The summed E-state index contributed by atoms with van der Waals surface area (Å²) in [6, 6.07) is 8.20. The largest absolute Gasteiger partial charge is 0.313 e. The van der Waals surface area contributed by atoms with Crippen LogP contribution in [0.4, 0.5) is 0 Å². The van der Waals surface area contributed by atoms with Crippen LogP contribution in [0.25, 0.3) is 0 Å². The first-order valence-electron chi connectivity index (χ1n) is 6.51. The lowest BCUT2D eigenvalue weighted by molar-refractivity contribution is 0.675. The van der Waals surface area contributed by atoms with Crippen LogP contribution in [-0.4, -0.2) is 16.5 Å². The van der Waals surface area contributed by atoms with Crippen molar-refractivity contribution in [1.82, 2.24) is 15.3 Å². The Morgan fingerprint density at radius 1 is 1.35 bits per heavy atom. The van der Waals surface area contributed by atoms with Crippen molar-refractivity contribution in [3.8, 4) is 6.07 Å². The van der Waals surface area contributed by atoms with E-state index in [1.54, 1.807) is 18.6 Å². The Morgan fingerprint density at radius 3 is 2.95 bits per heavy atom. The monoisotopic (exact) mass is 284 g/mol. The summed E-state index contributed by atoms with van der Waals surface area (Å²) in [4.78, 5) is 9.15. The second kappa shape index (κ2) is 7.63. The molecule has 5 heteroatoms. The predicted molar refractivity (Wildman–Crippen MR) is 79.3 cm³/mol. The lowest BCUT2D eigenvalue weighted by Gasteiger charge is -2.07. The maximum atomic E-state index is 9.27. The highest BCUT2D eigenvalue weighted by Crippen LogP contribution is 2.28. The van der Waals surface area contributed by atoms with E-state index in [0.29, 0.717) is 5.56 Å². The van der Waals surface area contributed by atoms with Gasteiger partial charge < -0.3 is 5.32 Å². The minimum absolute atomic E-state index is 0.677. The fraction of sp³-hybridized carbons (Fsp3) is 0.267. The van der Waals surface area contributed by atoms with Gasteiger partial charge in [0.1, 0.15) is 11.1 Å². The first-order chi connectivity index (χ1) is 9.83. The molecule has 0 unspecified atom stereocenters. The summed E-state index contributed by atoms with van der Waals surface area (Å²) >= 11 is 1.46. The van der Waals surface area contributed by atoms with Crippen molar-refractivity contribution in [2.24, 2.45) is 0 Å². The van der Waals surface area contributed by atoms with Crippen LogP contribution in [0, 0.1) is 11.3 Å². The van der Waals surface area contributed by atoms with Crippen molar-refractivity contribution < 1.29 is 0 Å². The smallest absolute Gasteiger partial charge is 0.119 e. The number of hydrogen-bond donors (Lipinski definition) is 1. The number of rotatable bonds is 6. The maximum Gasteiger partial charge on any atom is 0.119 e. The first-order valence-corrected chi connectivity index (χ1v) is 7.32. The average Bonchev–Trinajstić information content (AvgIpc) is 2.50. The number of aromatic nitrogens is 2. The molecule has 1 aromatic heterocycles. The number of nitrogens with one attached hydrogen (secondary N) is 1. The molecule has 0 atom stereocenters. The minimum atomic E-state index is 0.677. The average molecular weight is 284 g/mol. The molecular weight excluding hydrogens is 268 g/mol. The van der Waals surface area contributed by atoms with Crippen LogP contribution < -0.4 is 5.32 Å². The van der Waals surface area contributed by atoms with Gasteiger partial charge in [-0.2, -0.15) is 5.26 Å². The molecule has 0 fully saturated rings. The summed E-state index contributed by atoms with van der Waals surface area (Å²) in [6.45, 7) is 3.91. The van der Waals surface area contributed by atoms with Crippen molar-refractivity contribution in [3.05, 3.63) is 47.9 Å². The van der Waals surface area contributed by atoms with Gasteiger partial charge in [0.25, 0.3) is 0 Å². The molecule has 20 heavy (non-hydrogen) atoms. The van der Waals surface area contributed by atoms with Crippen molar-refractivity contribution >= 4 is 11.8 Å². The highest BCUT2D eigenvalue weighted by molar-refractivity contribution is 7.99. The van der Waals surface area contributed by atoms with Gasteiger partial charge in [-0.3, -0.25) is 4.98 Å². The van der Waals surface area contributed by atoms with E-state index in [4.69, 9.17) is 0 Å². The quantitative estimate of drug-likeness (QED) is 0.826. The van der Waals surface area contributed by atoms with Gasteiger partial charge in [0.05, 0.1) is 11.8 Å². The molecule has 4 nitrogen and oxygen atoms in total. The predicted octanol–water partition coefficient (Wildman–Crippen LogP) is 3.00. The van der Waals surface area contributed by atoms with E-state index < -0.39 is 0 Å². The third-order valence-electron chi connectivity index (χ3n) is 2.67. The van der Waals surface area contributed by atoms with Crippen LogP contribution in [0.1, 0.15) is 24.5 Å². The zero-order valence-corrected chi connectivity index (χ0v) is 12.2. The van der Waals surface area contributed by atoms with Crippen LogP contribution >= 0.6 is 11.8 Å². The molecule has 1 N–H and O–H groups in total. The third-order valence-corrected chi connectivity index (χ3v) is 3.67. The van der Waals surface area contributed by atoms with E-state index in [9.17, 15) is 5.26 Å². The zero-order chi connectivity index (χ0) is 14.2. The Bertz CT molecular complexity index is 593. The molecule has 102 valence electrons. The maximum absolute atomic E-state index is 9.27. The molecular formula is C15H16N4S. The van der Waals surface area contributed by atoms with Crippen molar-refractivity contribution in [2.45, 2.75) is 29.8 Å². The van der Waals surface area contributed by atoms with Gasteiger partial charge in [-0.05, 0) is 30.7 Å². The first kappa shape index (κ1) is 14.5. The Morgan fingerprint density at radius 2 is 2.25 bits per heavy atom. The van der Waals surface area contributed by atoms with Crippen LogP contribution in [0.2, 0.25) is 0 Å². The molecule has 0 saturated heterocycles. The Hall–Kier alpha value is -1.90. The molecule has 1 heterocycles. The van der Waals surface area contributed by atoms with Crippen molar-refractivity contribution in [2.75, 3.05) is 6.54 Å². The number of hydrogen-bond acceptors (Lipinski definition) is 5. The van der Waals surface area contributed by atoms with E-state index >= 15 is 0 Å². The summed E-state index contributed by atoms with van der Waals surface area (Å²) in [5.74, 6) is 0. The molecule has 0 aliphatic heterocycles. The number of nitriles is 1. The number of benzene rings is 1. The third kappa shape index (κ3) is 4.05. The Kier molecular flexibility index (Phi) is 5.54. The highest BCUT2D eigenvalue weighted by Gasteiger charge is 2.06. The highest BCUT2D eigenvalue weighted by atomic mass is 32.2. The van der Waals surface area contributed by atoms with Gasteiger partial charge in [0.15, 0.2) is 0 Å².